The van der Waals surface area contributed by atoms with Gasteiger partial charge in [0.2, 0.25) is 5.91 Å². The minimum atomic E-state index is -4.36. The number of thiophene rings is 1. The fourth-order valence-corrected chi connectivity index (χ4v) is 5.75. The number of rotatable bonds is 4. The predicted molar refractivity (Wildman–Crippen MR) is 119 cm³/mol. The summed E-state index contributed by atoms with van der Waals surface area (Å²) in [5, 5.41) is 13.2. The highest BCUT2D eigenvalue weighted by atomic mass is 32.1. The fraction of sp³-hybridized carbons (Fsp3) is 0.478. The van der Waals surface area contributed by atoms with Gasteiger partial charge < -0.3 is 10.2 Å². The summed E-state index contributed by atoms with van der Waals surface area (Å²) in [5.41, 5.74) is 1.57. The molecule has 2 heterocycles. The fourth-order valence-electron chi connectivity index (χ4n) is 4.37. The Kier molecular flexibility index (Phi) is 6.45. The van der Waals surface area contributed by atoms with Crippen LogP contribution in [0.5, 0.6) is 0 Å². The Hall–Kier alpha value is -2.57. The normalized spacial score (nSPS) is 19.3. The highest BCUT2D eigenvalue weighted by molar-refractivity contribution is 7.16. The Morgan fingerprint density at radius 1 is 1.28 bits per heavy atom. The molecule has 32 heavy (non-hydrogen) atoms. The van der Waals surface area contributed by atoms with Crippen LogP contribution in [0.3, 0.4) is 0 Å². The average Bonchev–Trinajstić information content (AvgIpc) is 3.09. The molecule has 0 radical (unpaired) electrons. The predicted octanol–water partition coefficient (Wildman–Crippen LogP) is 4.52. The van der Waals surface area contributed by atoms with Crippen LogP contribution in [0.25, 0.3) is 0 Å². The van der Waals surface area contributed by atoms with Crippen molar-refractivity contribution in [2.24, 2.45) is 5.92 Å². The lowest BCUT2D eigenvalue weighted by Gasteiger charge is -2.35. The van der Waals surface area contributed by atoms with E-state index in [-0.39, 0.29) is 12.5 Å². The van der Waals surface area contributed by atoms with Crippen LogP contribution >= 0.6 is 11.3 Å². The molecule has 2 aromatic rings. The van der Waals surface area contributed by atoms with Crippen LogP contribution in [0.2, 0.25) is 0 Å². The molecule has 1 aliphatic carbocycles. The number of nitrogens with one attached hydrogen (secondary N) is 1. The van der Waals surface area contributed by atoms with Gasteiger partial charge in [0.05, 0.1) is 17.7 Å². The van der Waals surface area contributed by atoms with E-state index in [1.165, 1.54) is 28.3 Å². The van der Waals surface area contributed by atoms with Crippen molar-refractivity contribution >= 4 is 27.9 Å². The zero-order chi connectivity index (χ0) is 22.9. The molecule has 2 aliphatic rings. The number of benzene rings is 1. The standard InChI is InChI=1S/C23H25F3N4OS/c1-15-5-6-18-19(13-27)22(32-20(18)11-15)28-21(31)14-29-7-9-30(10-8-29)17-4-2-3-16(12-17)23(24,25)26/h2-4,12,15H,5-11,14H2,1H3,(H,28,31). The summed E-state index contributed by atoms with van der Waals surface area (Å²) in [6.07, 6.45) is -1.48. The van der Waals surface area contributed by atoms with Gasteiger partial charge in [-0.05, 0) is 48.9 Å². The minimum absolute atomic E-state index is 0.166. The van der Waals surface area contributed by atoms with E-state index in [2.05, 4.69) is 18.3 Å². The molecule has 5 nitrogen and oxygen atoms in total. The van der Waals surface area contributed by atoms with Crippen molar-refractivity contribution in [3.05, 3.63) is 45.8 Å². The number of piperazine rings is 1. The van der Waals surface area contributed by atoms with Gasteiger partial charge in [-0.2, -0.15) is 18.4 Å². The molecule has 4 rings (SSSR count). The number of fused-ring (bicyclic) bond motifs is 1. The molecule has 1 unspecified atom stereocenters. The van der Waals surface area contributed by atoms with Gasteiger partial charge in [0.25, 0.3) is 0 Å². The van der Waals surface area contributed by atoms with E-state index in [1.807, 2.05) is 9.80 Å². The number of nitriles is 1. The van der Waals surface area contributed by atoms with Crippen LogP contribution < -0.4 is 10.2 Å². The van der Waals surface area contributed by atoms with E-state index in [4.69, 9.17) is 0 Å². The number of nitrogens with zero attached hydrogens (tertiary/aromatic N) is 3. The number of hydrogen-bond donors (Lipinski definition) is 1. The maximum Gasteiger partial charge on any atom is 0.416 e. The van der Waals surface area contributed by atoms with Crippen LogP contribution in [0, 0.1) is 17.2 Å². The monoisotopic (exact) mass is 462 g/mol. The molecular formula is C23H25F3N4OS. The van der Waals surface area contributed by atoms with Crippen LogP contribution in [0.15, 0.2) is 24.3 Å². The highest BCUT2D eigenvalue weighted by Crippen LogP contribution is 2.39. The van der Waals surface area contributed by atoms with Crippen LogP contribution in [-0.4, -0.2) is 43.5 Å². The maximum atomic E-state index is 13.0. The first kappa shape index (κ1) is 22.6. The molecule has 9 heteroatoms. The number of carbonyl (C=O) groups is 1. The smallest absolute Gasteiger partial charge is 0.369 e. The molecule has 1 amide bonds. The second-order valence-electron chi connectivity index (χ2n) is 8.53. The summed E-state index contributed by atoms with van der Waals surface area (Å²) in [7, 11) is 0. The van der Waals surface area contributed by atoms with Gasteiger partial charge in [0.1, 0.15) is 11.1 Å². The molecule has 1 atom stereocenters. The molecule has 1 N–H and O–H groups in total. The van der Waals surface area contributed by atoms with Gasteiger partial charge in [-0.1, -0.05) is 13.0 Å². The Balaban J connectivity index is 1.33. The molecule has 170 valence electrons. The van der Waals surface area contributed by atoms with Gasteiger partial charge in [0, 0.05) is 36.7 Å². The molecule has 0 spiro atoms. The van der Waals surface area contributed by atoms with Crippen molar-refractivity contribution in [3.8, 4) is 6.07 Å². The maximum absolute atomic E-state index is 13.0. The Morgan fingerprint density at radius 3 is 2.72 bits per heavy atom. The van der Waals surface area contributed by atoms with Crippen molar-refractivity contribution in [2.45, 2.75) is 32.4 Å². The lowest BCUT2D eigenvalue weighted by atomic mass is 9.89. The average molecular weight is 463 g/mol. The number of carbonyl (C=O) groups excluding carboxylic acids is 1. The lowest BCUT2D eigenvalue weighted by Crippen LogP contribution is -2.48. The Labute approximate surface area is 189 Å². The third kappa shape index (κ3) is 4.92. The van der Waals surface area contributed by atoms with Crippen molar-refractivity contribution in [2.75, 3.05) is 42.9 Å². The van der Waals surface area contributed by atoms with Gasteiger partial charge in [-0.3, -0.25) is 9.69 Å². The molecule has 1 saturated heterocycles. The molecule has 1 aromatic carbocycles. The van der Waals surface area contributed by atoms with Gasteiger partial charge in [-0.15, -0.1) is 11.3 Å². The first-order valence-electron chi connectivity index (χ1n) is 10.7. The summed E-state index contributed by atoms with van der Waals surface area (Å²) in [4.78, 5) is 17.7. The lowest BCUT2D eigenvalue weighted by molar-refractivity contribution is -0.137. The third-order valence-corrected chi connectivity index (χ3v) is 7.32. The van der Waals surface area contributed by atoms with Crippen LogP contribution in [-0.2, 0) is 23.8 Å². The van der Waals surface area contributed by atoms with E-state index in [9.17, 15) is 23.2 Å². The van der Waals surface area contributed by atoms with Crippen molar-refractivity contribution in [3.63, 3.8) is 0 Å². The van der Waals surface area contributed by atoms with Crippen LogP contribution in [0.4, 0.5) is 23.9 Å². The largest absolute Gasteiger partial charge is 0.416 e. The van der Waals surface area contributed by atoms with Crippen molar-refractivity contribution < 1.29 is 18.0 Å². The number of amides is 1. The van der Waals surface area contributed by atoms with Crippen molar-refractivity contribution in [1.82, 2.24) is 4.90 Å². The Bertz CT molecular complexity index is 1030. The zero-order valence-corrected chi connectivity index (χ0v) is 18.7. The highest BCUT2D eigenvalue weighted by Gasteiger charge is 2.31. The molecular weight excluding hydrogens is 437 g/mol. The summed E-state index contributed by atoms with van der Waals surface area (Å²) in [5.74, 6) is 0.421. The van der Waals surface area contributed by atoms with E-state index in [0.717, 1.165) is 30.9 Å². The zero-order valence-electron chi connectivity index (χ0n) is 17.8. The number of halogens is 3. The summed E-state index contributed by atoms with van der Waals surface area (Å²) in [6.45, 7) is 4.64. The number of anilines is 2. The summed E-state index contributed by atoms with van der Waals surface area (Å²) in [6, 6.07) is 7.61. The van der Waals surface area contributed by atoms with Gasteiger partial charge >= 0.3 is 6.18 Å². The second-order valence-corrected chi connectivity index (χ2v) is 9.63. The first-order valence-corrected chi connectivity index (χ1v) is 11.6. The first-order chi connectivity index (χ1) is 15.2. The quantitative estimate of drug-likeness (QED) is 0.726. The van der Waals surface area contributed by atoms with Gasteiger partial charge in [0.15, 0.2) is 0 Å². The number of alkyl halides is 3. The van der Waals surface area contributed by atoms with Gasteiger partial charge in [-0.25, -0.2) is 0 Å². The van der Waals surface area contributed by atoms with Crippen LogP contribution in [0.1, 0.15) is 34.9 Å². The third-order valence-electron chi connectivity index (χ3n) is 6.15. The van der Waals surface area contributed by atoms with Crippen molar-refractivity contribution in [1.29, 1.82) is 5.26 Å². The minimum Gasteiger partial charge on any atom is -0.369 e. The molecule has 0 saturated carbocycles. The van der Waals surface area contributed by atoms with E-state index in [1.54, 1.807) is 6.07 Å². The molecule has 1 aliphatic heterocycles. The summed E-state index contributed by atoms with van der Waals surface area (Å²) < 4.78 is 38.9. The van der Waals surface area contributed by atoms with E-state index in [0.29, 0.717) is 48.3 Å². The number of hydrogen-bond acceptors (Lipinski definition) is 5. The summed E-state index contributed by atoms with van der Waals surface area (Å²) >= 11 is 1.51. The molecule has 0 bridgehead atoms. The van der Waals surface area contributed by atoms with E-state index < -0.39 is 11.7 Å². The SMILES string of the molecule is CC1CCc2c(sc(NC(=O)CN3CCN(c4cccc(C(F)(F)F)c4)CC3)c2C#N)C1. The molecule has 1 aromatic heterocycles. The molecule has 1 fully saturated rings. The van der Waals surface area contributed by atoms with E-state index >= 15 is 0 Å². The topological polar surface area (TPSA) is 59.4 Å². The second kappa shape index (κ2) is 9.12. The Morgan fingerprint density at radius 2 is 2.03 bits per heavy atom.